The second kappa shape index (κ2) is 4.71. The predicted octanol–water partition coefficient (Wildman–Crippen LogP) is 2.03. The monoisotopic (exact) mass is 260 g/mol. The van der Waals surface area contributed by atoms with Crippen LogP contribution in [-0.4, -0.2) is 27.4 Å². The van der Waals surface area contributed by atoms with Crippen LogP contribution < -0.4 is 10.5 Å². The Morgan fingerprint density at radius 3 is 2.83 bits per heavy atom. The third-order valence-corrected chi connectivity index (χ3v) is 2.20. The van der Waals surface area contributed by atoms with Crippen LogP contribution >= 0.6 is 0 Å². The van der Waals surface area contributed by atoms with E-state index in [0.717, 1.165) is 0 Å². The minimum atomic E-state index is -4.16. The van der Waals surface area contributed by atoms with Crippen LogP contribution in [0.1, 0.15) is 12.8 Å². The zero-order valence-electron chi connectivity index (χ0n) is 9.31. The van der Waals surface area contributed by atoms with Gasteiger partial charge in [0, 0.05) is 12.5 Å². The fourth-order valence-electron chi connectivity index (χ4n) is 1.46. The zero-order chi connectivity index (χ0) is 13.2. The lowest BCUT2D eigenvalue weighted by Crippen LogP contribution is -2.10. The van der Waals surface area contributed by atoms with Gasteiger partial charge < -0.3 is 10.5 Å². The Morgan fingerprint density at radius 2 is 2.11 bits per heavy atom. The maximum absolute atomic E-state index is 11.9. The van der Waals surface area contributed by atoms with Gasteiger partial charge in [-0.3, -0.25) is 0 Å². The molecule has 5 nitrogen and oxygen atoms in total. The Bertz CT molecular complexity index is 537. The molecule has 2 aromatic heterocycles. The lowest BCUT2D eigenvalue weighted by molar-refractivity contribution is -0.136. The van der Waals surface area contributed by atoms with Crippen LogP contribution in [0.2, 0.25) is 0 Å². The maximum Gasteiger partial charge on any atom is 0.389 e. The van der Waals surface area contributed by atoms with Gasteiger partial charge in [-0.25, -0.2) is 0 Å². The van der Waals surface area contributed by atoms with Crippen molar-refractivity contribution < 1.29 is 17.9 Å². The molecule has 2 N–H and O–H groups in total. The van der Waals surface area contributed by atoms with Crippen LogP contribution in [0.3, 0.4) is 0 Å². The molecule has 0 bridgehead atoms. The molecule has 2 heterocycles. The van der Waals surface area contributed by atoms with Crippen molar-refractivity contribution in [2.75, 3.05) is 12.3 Å². The minimum absolute atomic E-state index is 0.0433. The second-order valence-corrected chi connectivity index (χ2v) is 3.67. The third kappa shape index (κ3) is 3.02. The van der Waals surface area contributed by atoms with Crippen molar-refractivity contribution >= 4 is 11.6 Å². The van der Waals surface area contributed by atoms with Crippen LogP contribution in [0.15, 0.2) is 18.2 Å². The number of fused-ring (bicyclic) bond motifs is 1. The number of ether oxygens (including phenoxy) is 1. The van der Waals surface area contributed by atoms with Gasteiger partial charge in [0.05, 0.1) is 6.61 Å². The number of hydrogen-bond acceptors (Lipinski definition) is 4. The molecule has 0 saturated carbocycles. The number of hydrogen-bond donors (Lipinski definition) is 1. The first-order valence-electron chi connectivity index (χ1n) is 5.26. The van der Waals surface area contributed by atoms with E-state index < -0.39 is 12.6 Å². The molecular weight excluding hydrogens is 249 g/mol. The summed E-state index contributed by atoms with van der Waals surface area (Å²) < 4.78 is 42.4. The Labute approximate surface area is 100 Å². The standard InChI is InChI=1S/C10H11F3N4O/c11-10(12,13)5-2-6-18-8-4-1-3-7-15-9(14)16-17(7)8/h1,3-4H,2,5-6H2,(H2,14,16). The second-order valence-electron chi connectivity index (χ2n) is 3.67. The quantitative estimate of drug-likeness (QED) is 0.854. The molecule has 2 aromatic rings. The molecule has 0 atom stereocenters. The van der Waals surface area contributed by atoms with E-state index in [1.165, 1.54) is 4.52 Å². The van der Waals surface area contributed by atoms with Crippen molar-refractivity contribution in [3.8, 4) is 5.88 Å². The molecular formula is C10H11F3N4O. The van der Waals surface area contributed by atoms with E-state index >= 15 is 0 Å². The summed E-state index contributed by atoms with van der Waals surface area (Å²) in [5.74, 6) is 0.403. The van der Waals surface area contributed by atoms with Gasteiger partial charge in [0.25, 0.3) is 0 Å². The van der Waals surface area contributed by atoms with Crippen LogP contribution in [0.5, 0.6) is 5.88 Å². The van der Waals surface area contributed by atoms with Crippen molar-refractivity contribution in [3.05, 3.63) is 18.2 Å². The number of aromatic nitrogens is 3. The number of nitrogen functional groups attached to an aromatic ring is 1. The number of alkyl halides is 3. The molecule has 0 aromatic carbocycles. The lowest BCUT2D eigenvalue weighted by Gasteiger charge is -2.08. The Hall–Kier alpha value is -1.99. The molecule has 0 aliphatic carbocycles. The van der Waals surface area contributed by atoms with Crippen molar-refractivity contribution in [1.82, 2.24) is 14.6 Å². The lowest BCUT2D eigenvalue weighted by atomic mass is 10.3. The summed E-state index contributed by atoms with van der Waals surface area (Å²) in [5, 5.41) is 3.88. The molecule has 0 radical (unpaired) electrons. The van der Waals surface area contributed by atoms with Gasteiger partial charge in [-0.2, -0.15) is 22.7 Å². The number of nitrogens with zero attached hydrogens (tertiary/aromatic N) is 3. The smallest absolute Gasteiger partial charge is 0.389 e. The third-order valence-electron chi connectivity index (χ3n) is 2.20. The van der Waals surface area contributed by atoms with Crippen molar-refractivity contribution in [1.29, 1.82) is 0 Å². The molecule has 2 rings (SSSR count). The first-order chi connectivity index (χ1) is 8.46. The van der Waals surface area contributed by atoms with Gasteiger partial charge in [-0.15, -0.1) is 5.10 Å². The molecule has 0 fully saturated rings. The SMILES string of the molecule is Nc1nc2cccc(OCCCC(F)(F)F)n2n1. The van der Waals surface area contributed by atoms with Gasteiger partial charge >= 0.3 is 6.18 Å². The average molecular weight is 260 g/mol. The first-order valence-corrected chi connectivity index (χ1v) is 5.26. The van der Waals surface area contributed by atoms with Crippen molar-refractivity contribution in [3.63, 3.8) is 0 Å². The summed E-state index contributed by atoms with van der Waals surface area (Å²) in [6, 6.07) is 4.93. The average Bonchev–Trinajstić information content (AvgIpc) is 2.64. The number of pyridine rings is 1. The molecule has 8 heteroatoms. The van der Waals surface area contributed by atoms with Crippen LogP contribution in [0.25, 0.3) is 5.65 Å². The normalized spacial score (nSPS) is 11.9. The summed E-state index contributed by atoms with van der Waals surface area (Å²) in [6.45, 7) is -0.0433. The summed E-state index contributed by atoms with van der Waals surface area (Å²) in [6.07, 6.45) is -5.14. The van der Waals surface area contributed by atoms with E-state index in [-0.39, 0.29) is 19.0 Å². The highest BCUT2D eigenvalue weighted by molar-refractivity contribution is 5.44. The molecule has 18 heavy (non-hydrogen) atoms. The summed E-state index contributed by atoms with van der Waals surface area (Å²) in [7, 11) is 0. The number of rotatable bonds is 4. The fourth-order valence-corrected chi connectivity index (χ4v) is 1.46. The van der Waals surface area contributed by atoms with Gasteiger partial charge in [0.15, 0.2) is 5.65 Å². The largest absolute Gasteiger partial charge is 0.478 e. The Balaban J connectivity index is 1.99. The van der Waals surface area contributed by atoms with Gasteiger partial charge in [-0.05, 0) is 12.5 Å². The number of halogens is 3. The van der Waals surface area contributed by atoms with Crippen molar-refractivity contribution in [2.45, 2.75) is 19.0 Å². The van der Waals surface area contributed by atoms with Crippen LogP contribution in [0.4, 0.5) is 19.1 Å². The molecule has 0 aliphatic heterocycles. The Morgan fingerprint density at radius 1 is 1.33 bits per heavy atom. The van der Waals surface area contributed by atoms with E-state index in [2.05, 4.69) is 10.1 Å². The molecule has 0 aliphatic rings. The Kier molecular flexibility index (Phi) is 3.26. The molecule has 0 unspecified atom stereocenters. The van der Waals surface area contributed by atoms with E-state index in [9.17, 15) is 13.2 Å². The molecule has 0 spiro atoms. The van der Waals surface area contributed by atoms with Crippen LogP contribution in [-0.2, 0) is 0 Å². The highest BCUT2D eigenvalue weighted by Crippen LogP contribution is 2.21. The summed E-state index contributed by atoms with van der Waals surface area (Å²) in [5.41, 5.74) is 5.91. The van der Waals surface area contributed by atoms with E-state index in [4.69, 9.17) is 10.5 Å². The molecule has 0 amide bonds. The van der Waals surface area contributed by atoms with Gasteiger partial charge in [0.2, 0.25) is 11.8 Å². The maximum atomic E-state index is 11.9. The number of nitrogens with two attached hydrogens (primary N) is 1. The fraction of sp³-hybridized carbons (Fsp3) is 0.400. The topological polar surface area (TPSA) is 65.4 Å². The van der Waals surface area contributed by atoms with Crippen LogP contribution in [0, 0.1) is 0 Å². The molecule has 98 valence electrons. The van der Waals surface area contributed by atoms with Crippen molar-refractivity contribution in [2.24, 2.45) is 0 Å². The van der Waals surface area contributed by atoms with E-state index in [0.29, 0.717) is 11.5 Å². The predicted molar refractivity (Wildman–Crippen MR) is 58.2 cm³/mol. The summed E-state index contributed by atoms with van der Waals surface area (Å²) >= 11 is 0. The number of anilines is 1. The highest BCUT2D eigenvalue weighted by Gasteiger charge is 2.26. The first kappa shape index (κ1) is 12.5. The summed E-state index contributed by atoms with van der Waals surface area (Å²) in [4.78, 5) is 3.91. The molecule has 0 saturated heterocycles. The highest BCUT2D eigenvalue weighted by atomic mass is 19.4. The van der Waals surface area contributed by atoms with Gasteiger partial charge in [-0.1, -0.05) is 6.07 Å². The minimum Gasteiger partial charge on any atom is -0.478 e. The van der Waals surface area contributed by atoms with E-state index in [1.807, 2.05) is 0 Å². The van der Waals surface area contributed by atoms with Gasteiger partial charge in [0.1, 0.15) is 0 Å². The zero-order valence-corrected chi connectivity index (χ0v) is 9.31. The van der Waals surface area contributed by atoms with E-state index in [1.54, 1.807) is 18.2 Å².